The molecule has 0 N–H and O–H groups in total. The van der Waals surface area contributed by atoms with E-state index in [1.807, 2.05) is 35.7 Å². The maximum Gasteiger partial charge on any atom is 0 e. The van der Waals surface area contributed by atoms with E-state index in [9.17, 15) is 0 Å². The van der Waals surface area contributed by atoms with E-state index in [2.05, 4.69) is 146 Å². The first-order valence-electron chi connectivity index (χ1n) is 17.9. The Morgan fingerprint density at radius 2 is 1.49 bits per heavy atom. The van der Waals surface area contributed by atoms with Crippen LogP contribution in [0, 0.1) is 25.0 Å². The molecule has 7 aromatic rings. The SMILES string of the molecule is CC(C)(c1ccnc(-c2[c-]ccc3c2sc2c(-c4ccccc4)cccc23)c1)C1CCCC1.Cc1cc(-c2[c-]cccc2)nc[c]1[Ge]([CH3])([CH3])[CH3].[Ir]. The molecular weight excluding hydrogens is 877 g/mol. The van der Waals surface area contributed by atoms with Gasteiger partial charge in [-0.25, -0.2) is 0 Å². The molecule has 3 aromatic heterocycles. The monoisotopic (exact) mass is 925 g/mol. The maximum atomic E-state index is 4.83. The number of pyridine rings is 2. The van der Waals surface area contributed by atoms with Gasteiger partial charge in [0, 0.05) is 31.0 Å². The number of rotatable bonds is 6. The molecule has 1 saturated carbocycles. The second-order valence-electron chi connectivity index (χ2n) is 15.3. The van der Waals surface area contributed by atoms with Gasteiger partial charge in [0.2, 0.25) is 0 Å². The van der Waals surface area contributed by atoms with Crippen LogP contribution in [0.1, 0.15) is 50.7 Å². The molecule has 2 nitrogen and oxygen atoms in total. The van der Waals surface area contributed by atoms with Crippen molar-refractivity contribution in [2.45, 2.75) is 69.1 Å². The Morgan fingerprint density at radius 1 is 0.745 bits per heavy atom. The average Bonchev–Trinajstić information content (AvgIpc) is 3.82. The molecule has 1 fully saturated rings. The molecule has 0 atom stereocenters. The number of nitrogens with zero attached hydrogens (tertiary/aromatic N) is 2. The molecule has 5 heteroatoms. The number of benzene rings is 4. The van der Waals surface area contributed by atoms with Gasteiger partial charge in [-0.3, -0.25) is 0 Å². The van der Waals surface area contributed by atoms with Crippen LogP contribution < -0.4 is 4.40 Å². The fourth-order valence-electron chi connectivity index (χ4n) is 7.69. The van der Waals surface area contributed by atoms with Crippen molar-refractivity contribution < 1.29 is 20.1 Å². The fourth-order valence-corrected chi connectivity index (χ4v) is 12.6. The zero-order chi connectivity index (χ0) is 34.9. The van der Waals surface area contributed by atoms with Crippen LogP contribution >= 0.6 is 11.3 Å². The summed E-state index contributed by atoms with van der Waals surface area (Å²) in [5.74, 6) is 7.96. The van der Waals surface area contributed by atoms with Crippen LogP contribution in [0.2, 0.25) is 17.3 Å². The number of thiophene rings is 1. The number of fused-ring (bicyclic) bond motifs is 3. The van der Waals surface area contributed by atoms with Gasteiger partial charge in [0.15, 0.2) is 0 Å². The second kappa shape index (κ2) is 15.7. The summed E-state index contributed by atoms with van der Waals surface area (Å²) in [4.78, 5) is 9.42. The van der Waals surface area contributed by atoms with E-state index in [0.717, 1.165) is 28.4 Å². The van der Waals surface area contributed by atoms with Gasteiger partial charge in [0.05, 0.1) is 0 Å². The summed E-state index contributed by atoms with van der Waals surface area (Å²) >= 11 is 0.0994. The van der Waals surface area contributed by atoms with Crippen LogP contribution in [0.3, 0.4) is 0 Å². The summed E-state index contributed by atoms with van der Waals surface area (Å²) < 4.78 is 4.10. The summed E-state index contributed by atoms with van der Waals surface area (Å²) in [6.07, 6.45) is 9.48. The first-order chi connectivity index (χ1) is 24.1. The third kappa shape index (κ3) is 7.86. The van der Waals surface area contributed by atoms with E-state index < -0.39 is 13.3 Å². The van der Waals surface area contributed by atoms with Crippen molar-refractivity contribution in [3.05, 3.63) is 139 Å². The molecule has 1 aliphatic carbocycles. The fraction of sp³-hybridized carbons (Fsp3) is 0.261. The predicted molar refractivity (Wildman–Crippen MR) is 218 cm³/mol. The summed E-state index contributed by atoms with van der Waals surface area (Å²) in [7, 11) is 0. The topological polar surface area (TPSA) is 25.8 Å². The van der Waals surface area contributed by atoms with Crippen molar-refractivity contribution in [1.82, 2.24) is 9.97 Å². The van der Waals surface area contributed by atoms with E-state index in [-0.39, 0.29) is 25.5 Å². The summed E-state index contributed by atoms with van der Waals surface area (Å²) in [5, 5.41) is 2.61. The van der Waals surface area contributed by atoms with Gasteiger partial charge >= 0.3 is 106 Å². The molecule has 8 rings (SSSR count). The molecule has 4 aromatic carbocycles. The van der Waals surface area contributed by atoms with E-state index in [4.69, 9.17) is 4.98 Å². The molecule has 3 heterocycles. The largest absolute Gasteiger partial charge is 0 e. The van der Waals surface area contributed by atoms with Gasteiger partial charge in [0.1, 0.15) is 0 Å². The Balaban J connectivity index is 0.000000211. The number of hydrogen-bond acceptors (Lipinski definition) is 3. The first kappa shape index (κ1) is 37.4. The smallest absolute Gasteiger partial charge is 0 e. The van der Waals surface area contributed by atoms with E-state index >= 15 is 0 Å². The summed E-state index contributed by atoms with van der Waals surface area (Å²) in [6.45, 7) is 7.02. The minimum atomic E-state index is -1.77. The van der Waals surface area contributed by atoms with Crippen LogP contribution in [-0.4, -0.2) is 23.2 Å². The molecule has 0 spiro atoms. The van der Waals surface area contributed by atoms with Gasteiger partial charge in [-0.05, 0) is 62.7 Å². The van der Waals surface area contributed by atoms with E-state index in [1.54, 1.807) is 0 Å². The second-order valence-corrected chi connectivity index (χ2v) is 26.9. The van der Waals surface area contributed by atoms with Gasteiger partial charge in [0.25, 0.3) is 0 Å². The van der Waals surface area contributed by atoms with Crippen LogP contribution in [0.5, 0.6) is 0 Å². The van der Waals surface area contributed by atoms with Gasteiger partial charge in [-0.1, -0.05) is 86.7 Å². The molecule has 0 amide bonds. The Hall–Kier alpha value is -3.41. The van der Waals surface area contributed by atoms with E-state index in [1.165, 1.54) is 72.5 Å². The quantitative estimate of drug-likeness (QED) is 0.123. The molecule has 261 valence electrons. The van der Waals surface area contributed by atoms with Crippen molar-refractivity contribution >= 4 is 49.2 Å². The Labute approximate surface area is 324 Å². The minimum Gasteiger partial charge on any atom is 0 e. The van der Waals surface area contributed by atoms with E-state index in [0.29, 0.717) is 0 Å². The molecule has 1 radical (unpaired) electrons. The average molecular weight is 924 g/mol. The van der Waals surface area contributed by atoms with Gasteiger partial charge < -0.3 is 4.98 Å². The normalized spacial score (nSPS) is 13.5. The summed E-state index contributed by atoms with van der Waals surface area (Å²) in [6, 6.07) is 43.1. The van der Waals surface area contributed by atoms with Crippen LogP contribution in [-0.2, 0) is 25.5 Å². The molecule has 0 bridgehead atoms. The van der Waals surface area contributed by atoms with Crippen LogP contribution in [0.25, 0.3) is 53.8 Å². The minimum absolute atomic E-state index is 0. The number of hydrogen-bond donors (Lipinski definition) is 0. The molecule has 0 saturated heterocycles. The summed E-state index contributed by atoms with van der Waals surface area (Å²) in [5.41, 5.74) is 9.76. The molecule has 1 aliphatic rings. The third-order valence-corrected chi connectivity index (χ3v) is 16.3. The van der Waals surface area contributed by atoms with Crippen molar-refractivity contribution in [3.8, 4) is 33.6 Å². The third-order valence-electron chi connectivity index (χ3n) is 10.6. The number of aromatic nitrogens is 2. The van der Waals surface area contributed by atoms with Crippen molar-refractivity contribution in [3.63, 3.8) is 0 Å². The molecule has 0 unspecified atom stereocenters. The standard InChI is InChI=1S/C31H28NS.C15H18GeN.Ir/c1-31(2,22-12-6-7-13-22)23-18-19-32-28(20-23)27-17-9-16-26-25-15-8-14-24(29(25)33-30(26)27)21-10-4-3-5-11-21;1-12-10-15(13-8-6-5-7-9-13)17-11-14(12)16(2,3)4;/h3-5,8-11,14-16,18-20,22H,6-7,12-13H2,1-2H3;5-8,10-11H,1-4H3;/q2*-1;. The predicted octanol–water partition coefficient (Wildman–Crippen LogP) is 12.5. The molecular formula is C46H46GeIrN2S-2. The number of aryl methyl sites for hydroxylation is 1. The van der Waals surface area contributed by atoms with Crippen LogP contribution in [0.4, 0.5) is 0 Å². The zero-order valence-electron chi connectivity index (χ0n) is 30.5. The van der Waals surface area contributed by atoms with Crippen molar-refractivity contribution in [2.24, 2.45) is 5.92 Å². The Kier molecular flexibility index (Phi) is 11.5. The van der Waals surface area contributed by atoms with Crippen LogP contribution in [0.15, 0.2) is 116 Å². The van der Waals surface area contributed by atoms with Gasteiger partial charge in [-0.2, -0.15) is 11.3 Å². The molecule has 51 heavy (non-hydrogen) atoms. The molecule has 0 aliphatic heterocycles. The Bertz CT molecular complexity index is 2250. The van der Waals surface area contributed by atoms with Crippen molar-refractivity contribution in [1.29, 1.82) is 0 Å². The first-order valence-corrected chi connectivity index (χ1v) is 26.1. The van der Waals surface area contributed by atoms with Gasteiger partial charge in [-0.15, -0.1) is 23.8 Å². The Morgan fingerprint density at radius 3 is 2.20 bits per heavy atom. The maximum absolute atomic E-state index is 4.83. The zero-order valence-corrected chi connectivity index (χ0v) is 35.8. The van der Waals surface area contributed by atoms with Crippen molar-refractivity contribution in [2.75, 3.05) is 0 Å².